The van der Waals surface area contributed by atoms with Crippen LogP contribution >= 0.6 is 0 Å². The number of rotatable bonds is 7. The molecule has 2 aromatic carbocycles. The fourth-order valence-corrected chi connectivity index (χ4v) is 2.75. The Morgan fingerprint density at radius 1 is 1.00 bits per heavy atom. The van der Waals surface area contributed by atoms with E-state index in [0.717, 1.165) is 6.54 Å². The molecule has 0 spiro atoms. The summed E-state index contributed by atoms with van der Waals surface area (Å²) in [6.45, 7) is 5.57. The highest BCUT2D eigenvalue weighted by atomic mass is 16.5. The van der Waals surface area contributed by atoms with Gasteiger partial charge in [-0.2, -0.15) is 0 Å². The summed E-state index contributed by atoms with van der Waals surface area (Å²) in [5, 5.41) is 0. The summed E-state index contributed by atoms with van der Waals surface area (Å²) in [5.41, 5.74) is 2.49. The van der Waals surface area contributed by atoms with Gasteiger partial charge in [-0.15, -0.1) is 0 Å². The Morgan fingerprint density at radius 2 is 1.57 bits per heavy atom. The summed E-state index contributed by atoms with van der Waals surface area (Å²) in [6.07, 6.45) is 0. The van der Waals surface area contributed by atoms with Gasteiger partial charge in [-0.25, -0.2) is 0 Å². The van der Waals surface area contributed by atoms with E-state index in [1.807, 2.05) is 31.2 Å². The highest BCUT2D eigenvalue weighted by molar-refractivity contribution is 5.72. The van der Waals surface area contributed by atoms with Gasteiger partial charge >= 0.3 is 5.97 Å². The fourth-order valence-electron chi connectivity index (χ4n) is 2.75. The van der Waals surface area contributed by atoms with E-state index in [1.165, 1.54) is 18.2 Å². The molecule has 0 aliphatic rings. The highest BCUT2D eigenvalue weighted by Gasteiger charge is 2.22. The average molecular weight is 311 g/mol. The van der Waals surface area contributed by atoms with E-state index in [1.54, 1.807) is 0 Å². The standard InChI is InChI=1S/C20H25NO2/c1-16(20(22)23-3)14-21(15-18-10-6-4-7-11-18)17(2)19-12-8-5-9-13-19/h4-13,16-17H,14-15H2,1-3H3/t16-,17+/m1/s1. The largest absolute Gasteiger partial charge is 0.469 e. The van der Waals surface area contributed by atoms with Crippen LogP contribution in [-0.2, 0) is 16.1 Å². The first-order chi connectivity index (χ1) is 11.1. The minimum Gasteiger partial charge on any atom is -0.469 e. The SMILES string of the molecule is COC(=O)[C@H](C)CN(Cc1ccccc1)[C@@H](C)c1ccccc1. The summed E-state index contributed by atoms with van der Waals surface area (Å²) in [4.78, 5) is 14.1. The van der Waals surface area contributed by atoms with E-state index >= 15 is 0 Å². The molecule has 0 aromatic heterocycles. The van der Waals surface area contributed by atoms with Crippen molar-refractivity contribution in [1.82, 2.24) is 4.90 Å². The molecule has 23 heavy (non-hydrogen) atoms. The van der Waals surface area contributed by atoms with Crippen molar-refractivity contribution in [3.8, 4) is 0 Å². The van der Waals surface area contributed by atoms with E-state index < -0.39 is 0 Å². The number of carbonyl (C=O) groups excluding carboxylic acids is 1. The second-order valence-corrected chi connectivity index (χ2v) is 5.93. The lowest BCUT2D eigenvalue weighted by molar-refractivity contribution is -0.145. The Balaban J connectivity index is 2.18. The van der Waals surface area contributed by atoms with Crippen molar-refractivity contribution in [3.63, 3.8) is 0 Å². The second-order valence-electron chi connectivity index (χ2n) is 5.93. The third-order valence-corrected chi connectivity index (χ3v) is 4.17. The molecular formula is C20H25NO2. The van der Waals surface area contributed by atoms with Gasteiger partial charge in [-0.1, -0.05) is 67.6 Å². The van der Waals surface area contributed by atoms with Crippen LogP contribution in [0.4, 0.5) is 0 Å². The summed E-state index contributed by atoms with van der Waals surface area (Å²) >= 11 is 0. The van der Waals surface area contributed by atoms with Crippen molar-refractivity contribution >= 4 is 5.97 Å². The molecule has 0 radical (unpaired) electrons. The lowest BCUT2D eigenvalue weighted by Gasteiger charge is -2.31. The Morgan fingerprint density at radius 3 is 2.13 bits per heavy atom. The third-order valence-electron chi connectivity index (χ3n) is 4.17. The lowest BCUT2D eigenvalue weighted by atomic mass is 10.0. The molecule has 0 fully saturated rings. The summed E-state index contributed by atoms with van der Waals surface area (Å²) in [5.74, 6) is -0.321. The number of hydrogen-bond donors (Lipinski definition) is 0. The summed E-state index contributed by atoms with van der Waals surface area (Å²) < 4.78 is 4.88. The number of benzene rings is 2. The maximum atomic E-state index is 11.8. The van der Waals surface area contributed by atoms with E-state index in [-0.39, 0.29) is 17.9 Å². The number of ether oxygens (including phenoxy) is 1. The molecular weight excluding hydrogens is 286 g/mol. The maximum absolute atomic E-state index is 11.8. The molecule has 0 bridgehead atoms. The van der Waals surface area contributed by atoms with Gasteiger partial charge in [-0.05, 0) is 18.1 Å². The van der Waals surface area contributed by atoms with Gasteiger partial charge in [0.15, 0.2) is 0 Å². The van der Waals surface area contributed by atoms with Crippen molar-refractivity contribution in [2.45, 2.75) is 26.4 Å². The van der Waals surface area contributed by atoms with Crippen molar-refractivity contribution < 1.29 is 9.53 Å². The van der Waals surface area contributed by atoms with E-state index in [2.05, 4.69) is 48.2 Å². The maximum Gasteiger partial charge on any atom is 0.309 e. The van der Waals surface area contributed by atoms with Gasteiger partial charge in [0, 0.05) is 19.1 Å². The van der Waals surface area contributed by atoms with Gasteiger partial charge in [0.05, 0.1) is 13.0 Å². The molecule has 3 nitrogen and oxygen atoms in total. The average Bonchev–Trinajstić information content (AvgIpc) is 2.61. The summed E-state index contributed by atoms with van der Waals surface area (Å²) in [7, 11) is 1.45. The van der Waals surface area contributed by atoms with Crippen LogP contribution in [0.1, 0.15) is 31.0 Å². The Kier molecular flexibility index (Phi) is 6.36. The van der Waals surface area contributed by atoms with Gasteiger partial charge in [0.2, 0.25) is 0 Å². The number of hydrogen-bond acceptors (Lipinski definition) is 3. The van der Waals surface area contributed by atoms with Crippen LogP contribution in [0, 0.1) is 5.92 Å². The Bertz CT molecular complexity index is 598. The van der Waals surface area contributed by atoms with Crippen LogP contribution in [0.3, 0.4) is 0 Å². The van der Waals surface area contributed by atoms with E-state index in [0.29, 0.717) is 6.54 Å². The van der Waals surface area contributed by atoms with Crippen molar-refractivity contribution in [3.05, 3.63) is 71.8 Å². The van der Waals surface area contributed by atoms with Crippen LogP contribution in [-0.4, -0.2) is 24.5 Å². The molecule has 0 unspecified atom stereocenters. The molecule has 0 saturated heterocycles. The molecule has 2 aromatic rings. The predicted octanol–water partition coefficient (Wildman–Crippen LogP) is 4.06. The number of methoxy groups -OCH3 is 1. The minimum absolute atomic E-state index is 0.158. The van der Waals surface area contributed by atoms with Gasteiger partial charge in [0.25, 0.3) is 0 Å². The van der Waals surface area contributed by atoms with Gasteiger partial charge in [-0.3, -0.25) is 9.69 Å². The number of esters is 1. The summed E-state index contributed by atoms with van der Waals surface area (Å²) in [6, 6.07) is 21.0. The zero-order chi connectivity index (χ0) is 16.7. The highest BCUT2D eigenvalue weighted by Crippen LogP contribution is 2.23. The first-order valence-electron chi connectivity index (χ1n) is 8.02. The van der Waals surface area contributed by atoms with Crippen molar-refractivity contribution in [2.75, 3.05) is 13.7 Å². The monoisotopic (exact) mass is 311 g/mol. The van der Waals surface area contributed by atoms with Gasteiger partial charge < -0.3 is 4.74 Å². The minimum atomic E-state index is -0.164. The normalized spacial score (nSPS) is 13.6. The third kappa shape index (κ3) is 4.93. The molecule has 0 heterocycles. The van der Waals surface area contributed by atoms with Crippen LogP contribution in [0.15, 0.2) is 60.7 Å². The second kappa shape index (κ2) is 8.49. The smallest absolute Gasteiger partial charge is 0.309 e. The quantitative estimate of drug-likeness (QED) is 0.722. The van der Waals surface area contributed by atoms with Crippen molar-refractivity contribution in [1.29, 1.82) is 0 Å². The van der Waals surface area contributed by atoms with Crippen LogP contribution in [0.2, 0.25) is 0 Å². The predicted molar refractivity (Wildman–Crippen MR) is 92.9 cm³/mol. The lowest BCUT2D eigenvalue weighted by Crippen LogP contribution is -2.34. The molecule has 0 N–H and O–H groups in total. The van der Waals surface area contributed by atoms with Gasteiger partial charge in [0.1, 0.15) is 0 Å². The fraction of sp³-hybridized carbons (Fsp3) is 0.350. The molecule has 2 atom stereocenters. The molecule has 3 heteroatoms. The molecule has 0 aliphatic heterocycles. The Labute approximate surface area is 138 Å². The molecule has 0 amide bonds. The van der Waals surface area contributed by atoms with Crippen LogP contribution in [0.25, 0.3) is 0 Å². The van der Waals surface area contributed by atoms with E-state index in [9.17, 15) is 4.79 Å². The first-order valence-corrected chi connectivity index (χ1v) is 8.02. The number of carbonyl (C=O) groups is 1. The van der Waals surface area contributed by atoms with Crippen LogP contribution < -0.4 is 0 Å². The van der Waals surface area contributed by atoms with E-state index in [4.69, 9.17) is 4.74 Å². The molecule has 0 aliphatic carbocycles. The molecule has 122 valence electrons. The molecule has 0 saturated carbocycles. The van der Waals surface area contributed by atoms with Crippen LogP contribution in [0.5, 0.6) is 0 Å². The zero-order valence-corrected chi connectivity index (χ0v) is 14.1. The van der Waals surface area contributed by atoms with Crippen molar-refractivity contribution in [2.24, 2.45) is 5.92 Å². The molecule has 2 rings (SSSR count). The zero-order valence-electron chi connectivity index (χ0n) is 14.1. The first kappa shape index (κ1) is 17.2. The number of nitrogens with zero attached hydrogens (tertiary/aromatic N) is 1. The Hall–Kier alpha value is -2.13. The topological polar surface area (TPSA) is 29.5 Å².